The molecule has 8 heteroatoms. The Morgan fingerprint density at radius 1 is 1.03 bits per heavy atom. The maximum absolute atomic E-state index is 12.8. The maximum atomic E-state index is 12.8. The molecule has 158 valence electrons. The third kappa shape index (κ3) is 4.66. The Bertz CT molecular complexity index is 1300. The third-order valence-corrected chi connectivity index (χ3v) is 6.03. The number of carbonyl (C=O) groups excluding carboxylic acids is 2. The van der Waals surface area contributed by atoms with Gasteiger partial charge in [-0.15, -0.1) is 0 Å². The zero-order valence-corrected chi connectivity index (χ0v) is 18.7. The lowest BCUT2D eigenvalue weighted by molar-refractivity contribution is -0.113. The molecular weight excluding hydrogens is 467 g/mol. The third-order valence-electron chi connectivity index (χ3n) is 4.63. The molecule has 0 bridgehead atoms. The summed E-state index contributed by atoms with van der Waals surface area (Å²) in [5.74, 6) is 0.0235. The van der Waals surface area contributed by atoms with Gasteiger partial charge in [0.15, 0.2) is 0 Å². The summed E-state index contributed by atoms with van der Waals surface area (Å²) >= 11 is 13.2. The van der Waals surface area contributed by atoms with Gasteiger partial charge >= 0.3 is 0 Å². The van der Waals surface area contributed by atoms with Crippen LogP contribution in [0.1, 0.15) is 16.7 Å². The summed E-state index contributed by atoms with van der Waals surface area (Å²) in [6, 6.07) is 20.9. The Kier molecular flexibility index (Phi) is 6.52. The van der Waals surface area contributed by atoms with Crippen LogP contribution >= 0.6 is 35.0 Å². The molecule has 0 N–H and O–H groups in total. The molecule has 0 spiro atoms. The second kappa shape index (κ2) is 9.49. The van der Waals surface area contributed by atoms with E-state index in [-0.39, 0.29) is 11.5 Å². The topological polar surface area (TPSA) is 70.4 Å². The van der Waals surface area contributed by atoms with Gasteiger partial charge in [-0.25, -0.2) is 4.90 Å². The molecule has 2 amide bonds. The van der Waals surface area contributed by atoms with Gasteiger partial charge in [-0.1, -0.05) is 53.5 Å². The highest BCUT2D eigenvalue weighted by molar-refractivity contribution is 8.19. The van der Waals surface area contributed by atoms with E-state index in [1.807, 2.05) is 12.1 Å². The van der Waals surface area contributed by atoms with Crippen LogP contribution in [0.2, 0.25) is 10.0 Å². The van der Waals surface area contributed by atoms with Gasteiger partial charge in [0.05, 0.1) is 27.2 Å². The summed E-state index contributed by atoms with van der Waals surface area (Å²) in [4.78, 5) is 26.6. The van der Waals surface area contributed by atoms with E-state index in [9.17, 15) is 14.9 Å². The van der Waals surface area contributed by atoms with E-state index < -0.39 is 11.1 Å². The van der Waals surface area contributed by atoms with Crippen LogP contribution in [0.25, 0.3) is 6.08 Å². The highest BCUT2D eigenvalue weighted by Crippen LogP contribution is 2.37. The average molecular weight is 481 g/mol. The predicted octanol–water partition coefficient (Wildman–Crippen LogP) is 6.68. The molecule has 5 nitrogen and oxygen atoms in total. The SMILES string of the molecule is N#Cc1ccccc1COc1ccc(/C=C2\SC(=O)N(c3cccc(Cl)c3)C2=O)cc1Cl. The molecule has 0 aromatic heterocycles. The van der Waals surface area contributed by atoms with Crippen molar-refractivity contribution < 1.29 is 14.3 Å². The van der Waals surface area contributed by atoms with Gasteiger partial charge < -0.3 is 4.74 Å². The van der Waals surface area contributed by atoms with Gasteiger partial charge in [0, 0.05) is 10.6 Å². The molecule has 0 atom stereocenters. The zero-order chi connectivity index (χ0) is 22.7. The van der Waals surface area contributed by atoms with Crippen LogP contribution in [0.5, 0.6) is 5.75 Å². The molecule has 3 aromatic carbocycles. The minimum absolute atomic E-state index is 0.196. The van der Waals surface area contributed by atoms with E-state index in [4.69, 9.17) is 27.9 Å². The number of thioether (sulfide) groups is 1. The highest BCUT2D eigenvalue weighted by Gasteiger charge is 2.36. The van der Waals surface area contributed by atoms with Gasteiger partial charge in [0.25, 0.3) is 11.1 Å². The Hall–Kier alpha value is -3.24. The quantitative estimate of drug-likeness (QED) is 0.380. The number of amides is 2. The Balaban J connectivity index is 1.51. The minimum Gasteiger partial charge on any atom is -0.487 e. The van der Waals surface area contributed by atoms with Crippen molar-refractivity contribution in [3.05, 3.63) is 98.4 Å². The molecule has 1 fully saturated rings. The van der Waals surface area contributed by atoms with Crippen LogP contribution in [0.15, 0.2) is 71.6 Å². The number of anilines is 1. The lowest BCUT2D eigenvalue weighted by atomic mass is 10.1. The fraction of sp³-hybridized carbons (Fsp3) is 0.0417. The number of nitrogens with zero attached hydrogens (tertiary/aromatic N) is 2. The van der Waals surface area contributed by atoms with Crippen molar-refractivity contribution in [3.63, 3.8) is 0 Å². The summed E-state index contributed by atoms with van der Waals surface area (Å²) in [6.45, 7) is 0.196. The molecule has 3 aromatic rings. The molecule has 32 heavy (non-hydrogen) atoms. The van der Waals surface area contributed by atoms with Crippen molar-refractivity contribution in [2.75, 3.05) is 4.90 Å². The van der Waals surface area contributed by atoms with Crippen molar-refractivity contribution in [2.24, 2.45) is 0 Å². The van der Waals surface area contributed by atoms with Crippen molar-refractivity contribution in [1.82, 2.24) is 0 Å². The molecule has 0 saturated carbocycles. The fourth-order valence-electron chi connectivity index (χ4n) is 3.09. The summed E-state index contributed by atoms with van der Waals surface area (Å²) in [7, 11) is 0. The van der Waals surface area contributed by atoms with Gasteiger partial charge in [-0.3, -0.25) is 9.59 Å². The molecule has 1 aliphatic heterocycles. The minimum atomic E-state index is -0.424. The smallest absolute Gasteiger partial charge is 0.298 e. The number of imide groups is 1. The lowest BCUT2D eigenvalue weighted by Gasteiger charge is -2.12. The van der Waals surface area contributed by atoms with Crippen molar-refractivity contribution in [2.45, 2.75) is 6.61 Å². The van der Waals surface area contributed by atoms with Crippen LogP contribution in [0.4, 0.5) is 10.5 Å². The standard InChI is InChI=1S/C24H14Cl2N2O3S/c25-18-6-3-7-19(12-18)28-23(29)22(32-24(28)30)11-15-8-9-21(20(26)10-15)31-14-17-5-2-1-4-16(17)13-27/h1-12H,14H2/b22-11-. The average Bonchev–Trinajstić information content (AvgIpc) is 3.06. The normalized spacial score (nSPS) is 14.7. The molecule has 0 aliphatic carbocycles. The Labute approximate surface area is 198 Å². The number of hydrogen-bond acceptors (Lipinski definition) is 5. The van der Waals surface area contributed by atoms with Crippen LogP contribution in [0.3, 0.4) is 0 Å². The number of ether oxygens (including phenoxy) is 1. The second-order valence-electron chi connectivity index (χ2n) is 6.74. The van der Waals surface area contributed by atoms with Crippen LogP contribution in [-0.4, -0.2) is 11.1 Å². The van der Waals surface area contributed by atoms with Crippen molar-refractivity contribution in [3.8, 4) is 11.8 Å². The summed E-state index contributed by atoms with van der Waals surface area (Å²) in [5, 5.41) is 9.57. The van der Waals surface area contributed by atoms with Crippen molar-refractivity contribution >= 4 is 57.9 Å². The maximum Gasteiger partial charge on any atom is 0.298 e. The summed E-state index contributed by atoms with van der Waals surface area (Å²) in [6.07, 6.45) is 1.61. The number of benzene rings is 3. The summed E-state index contributed by atoms with van der Waals surface area (Å²) in [5.41, 5.74) is 2.36. The molecule has 4 rings (SSSR count). The molecule has 0 unspecified atom stereocenters. The van der Waals surface area contributed by atoms with E-state index >= 15 is 0 Å². The number of halogens is 2. The van der Waals surface area contributed by atoms with Gasteiger partial charge in [-0.2, -0.15) is 5.26 Å². The monoisotopic (exact) mass is 480 g/mol. The van der Waals surface area contributed by atoms with E-state index in [2.05, 4.69) is 6.07 Å². The van der Waals surface area contributed by atoms with Gasteiger partial charge in [0.1, 0.15) is 12.4 Å². The van der Waals surface area contributed by atoms with Crippen LogP contribution < -0.4 is 9.64 Å². The Morgan fingerprint density at radius 2 is 1.84 bits per heavy atom. The fourth-order valence-corrected chi connectivity index (χ4v) is 4.36. The first-order valence-corrected chi connectivity index (χ1v) is 11.0. The highest BCUT2D eigenvalue weighted by atomic mass is 35.5. The molecule has 1 aliphatic rings. The van der Waals surface area contributed by atoms with E-state index in [1.54, 1.807) is 60.7 Å². The number of hydrogen-bond donors (Lipinski definition) is 0. The van der Waals surface area contributed by atoms with Crippen LogP contribution in [-0.2, 0) is 11.4 Å². The Morgan fingerprint density at radius 3 is 2.59 bits per heavy atom. The molecule has 0 radical (unpaired) electrons. The van der Waals surface area contributed by atoms with E-state index in [1.165, 1.54) is 0 Å². The summed E-state index contributed by atoms with van der Waals surface area (Å²) < 4.78 is 5.76. The van der Waals surface area contributed by atoms with Gasteiger partial charge in [0.2, 0.25) is 0 Å². The van der Waals surface area contributed by atoms with Crippen LogP contribution in [0, 0.1) is 11.3 Å². The van der Waals surface area contributed by atoms with E-state index in [0.717, 1.165) is 22.2 Å². The first-order valence-electron chi connectivity index (χ1n) is 9.40. The first kappa shape index (κ1) is 22.0. The zero-order valence-electron chi connectivity index (χ0n) is 16.4. The van der Waals surface area contributed by atoms with Crippen molar-refractivity contribution in [1.29, 1.82) is 5.26 Å². The van der Waals surface area contributed by atoms with E-state index in [0.29, 0.717) is 32.6 Å². The molecular formula is C24H14Cl2N2O3S. The number of rotatable bonds is 5. The lowest BCUT2D eigenvalue weighted by Crippen LogP contribution is -2.27. The van der Waals surface area contributed by atoms with Gasteiger partial charge in [-0.05, 0) is 59.8 Å². The predicted molar refractivity (Wildman–Crippen MR) is 127 cm³/mol. The first-order chi connectivity index (χ1) is 15.5. The second-order valence-corrected chi connectivity index (χ2v) is 8.58. The number of nitriles is 1. The molecule has 1 heterocycles. The molecule has 1 saturated heterocycles. The largest absolute Gasteiger partial charge is 0.487 e. The number of carbonyl (C=O) groups is 2.